The van der Waals surface area contributed by atoms with E-state index in [1.54, 1.807) is 4.90 Å². The predicted molar refractivity (Wildman–Crippen MR) is 104 cm³/mol. The number of likely N-dealkylation sites (tertiary alicyclic amines) is 1. The number of piperidine rings is 1. The van der Waals surface area contributed by atoms with Crippen molar-refractivity contribution in [3.8, 4) is 0 Å². The van der Waals surface area contributed by atoms with Gasteiger partial charge in [0.2, 0.25) is 5.91 Å². The van der Waals surface area contributed by atoms with E-state index in [4.69, 9.17) is 23.2 Å². The van der Waals surface area contributed by atoms with Gasteiger partial charge in [0.1, 0.15) is 0 Å². The normalized spacial score (nSPS) is 21.2. The lowest BCUT2D eigenvalue weighted by atomic mass is 9.95. The molecule has 1 unspecified atom stereocenters. The summed E-state index contributed by atoms with van der Waals surface area (Å²) in [6.45, 7) is 6.12. The lowest BCUT2D eigenvalue weighted by Gasteiger charge is -2.36. The third-order valence-corrected chi connectivity index (χ3v) is 5.92. The van der Waals surface area contributed by atoms with Gasteiger partial charge in [0.25, 0.3) is 5.91 Å². The number of hydrogen-bond donors (Lipinski definition) is 0. The highest BCUT2D eigenvalue weighted by Gasteiger charge is 2.33. The van der Waals surface area contributed by atoms with Crippen molar-refractivity contribution in [2.45, 2.75) is 33.1 Å². The summed E-state index contributed by atoms with van der Waals surface area (Å²) in [5.74, 6) is -0.0842. The zero-order chi connectivity index (χ0) is 18.8. The van der Waals surface area contributed by atoms with Gasteiger partial charge < -0.3 is 9.80 Å². The van der Waals surface area contributed by atoms with Gasteiger partial charge >= 0.3 is 0 Å². The van der Waals surface area contributed by atoms with Crippen LogP contribution in [0.5, 0.6) is 0 Å². The zero-order valence-corrected chi connectivity index (χ0v) is 16.7. The third-order valence-electron chi connectivity index (χ3n) is 5.06. The molecule has 1 saturated heterocycles. The molecule has 1 aromatic carbocycles. The predicted octanol–water partition coefficient (Wildman–Crippen LogP) is 4.08. The van der Waals surface area contributed by atoms with E-state index in [0.717, 1.165) is 24.0 Å². The fraction of sp³-hybridized carbons (Fsp3) is 0.500. The van der Waals surface area contributed by atoms with E-state index in [2.05, 4.69) is 6.07 Å². The SMILES string of the molecule is Cc1cc(C)cc(C(=O)N2CCCC(C(=O)N3CCC(Cl)=C(Cl)C3)C2)c1. The van der Waals surface area contributed by atoms with Crippen molar-refractivity contribution in [1.82, 2.24) is 9.80 Å². The molecular weight excluding hydrogens is 371 g/mol. The van der Waals surface area contributed by atoms with E-state index in [9.17, 15) is 9.59 Å². The molecule has 1 fully saturated rings. The summed E-state index contributed by atoms with van der Waals surface area (Å²) >= 11 is 12.2. The van der Waals surface area contributed by atoms with E-state index in [1.165, 1.54) is 0 Å². The standard InChI is InChI=1S/C20H24Cl2N2O2/c1-13-8-14(2)10-16(9-13)20(26)23-6-3-4-15(11-23)19(25)24-7-5-17(21)18(22)12-24/h8-10,15H,3-7,11-12H2,1-2H3. The molecule has 4 nitrogen and oxygen atoms in total. The van der Waals surface area contributed by atoms with Gasteiger partial charge in [0.15, 0.2) is 0 Å². The van der Waals surface area contributed by atoms with E-state index in [1.807, 2.05) is 30.9 Å². The van der Waals surface area contributed by atoms with Crippen molar-refractivity contribution < 1.29 is 9.59 Å². The van der Waals surface area contributed by atoms with Crippen LogP contribution in [-0.2, 0) is 4.79 Å². The van der Waals surface area contributed by atoms with E-state index in [-0.39, 0.29) is 17.7 Å². The van der Waals surface area contributed by atoms with Crippen LogP contribution in [0.2, 0.25) is 0 Å². The molecule has 0 bridgehead atoms. The first-order valence-corrected chi connectivity index (χ1v) is 9.80. The van der Waals surface area contributed by atoms with Gasteiger partial charge in [-0.25, -0.2) is 0 Å². The first-order valence-electron chi connectivity index (χ1n) is 9.04. The van der Waals surface area contributed by atoms with E-state index >= 15 is 0 Å². The second-order valence-electron chi connectivity index (χ2n) is 7.29. The number of rotatable bonds is 2. The molecule has 2 amide bonds. The summed E-state index contributed by atoms with van der Waals surface area (Å²) in [7, 11) is 0. The van der Waals surface area contributed by atoms with Crippen LogP contribution in [0.25, 0.3) is 0 Å². The highest BCUT2D eigenvalue weighted by molar-refractivity contribution is 6.39. The Balaban J connectivity index is 1.69. The summed E-state index contributed by atoms with van der Waals surface area (Å²) in [6, 6.07) is 5.88. The Morgan fingerprint density at radius 1 is 1.00 bits per heavy atom. The Kier molecular flexibility index (Phi) is 5.93. The molecule has 0 aliphatic carbocycles. The minimum absolute atomic E-state index is 0.00826. The van der Waals surface area contributed by atoms with Crippen LogP contribution < -0.4 is 0 Å². The van der Waals surface area contributed by atoms with Crippen molar-refractivity contribution in [2.24, 2.45) is 5.92 Å². The van der Waals surface area contributed by atoms with Gasteiger partial charge in [0, 0.05) is 36.7 Å². The molecule has 1 aromatic rings. The van der Waals surface area contributed by atoms with Crippen LogP contribution in [0, 0.1) is 19.8 Å². The maximum absolute atomic E-state index is 12.9. The van der Waals surface area contributed by atoms with Gasteiger partial charge in [-0.3, -0.25) is 9.59 Å². The molecule has 2 aliphatic heterocycles. The molecule has 0 spiro atoms. The lowest BCUT2D eigenvalue weighted by Crippen LogP contribution is -2.48. The molecule has 2 heterocycles. The number of hydrogen-bond acceptors (Lipinski definition) is 2. The second kappa shape index (κ2) is 8.01. The van der Waals surface area contributed by atoms with E-state index in [0.29, 0.717) is 48.2 Å². The third kappa shape index (κ3) is 4.24. The number of carbonyl (C=O) groups is 2. The summed E-state index contributed by atoms with van der Waals surface area (Å²) in [5.41, 5.74) is 2.85. The average molecular weight is 395 g/mol. The number of benzene rings is 1. The minimum atomic E-state index is -0.167. The van der Waals surface area contributed by atoms with Gasteiger partial charge in [0.05, 0.1) is 17.5 Å². The molecular formula is C20H24Cl2N2O2. The lowest BCUT2D eigenvalue weighted by molar-refractivity contribution is -0.136. The molecule has 1 atom stereocenters. The topological polar surface area (TPSA) is 40.6 Å². The highest BCUT2D eigenvalue weighted by atomic mass is 35.5. The number of nitrogens with zero attached hydrogens (tertiary/aromatic N) is 2. The first-order chi connectivity index (χ1) is 12.3. The van der Waals surface area contributed by atoms with Crippen LogP contribution in [0.1, 0.15) is 40.7 Å². The van der Waals surface area contributed by atoms with Crippen LogP contribution in [0.15, 0.2) is 28.3 Å². The van der Waals surface area contributed by atoms with Crippen molar-refractivity contribution in [1.29, 1.82) is 0 Å². The fourth-order valence-electron chi connectivity index (χ4n) is 3.79. The maximum atomic E-state index is 12.9. The van der Waals surface area contributed by atoms with Crippen LogP contribution in [-0.4, -0.2) is 47.8 Å². The summed E-state index contributed by atoms with van der Waals surface area (Å²) in [4.78, 5) is 29.4. The molecule has 0 saturated carbocycles. The molecule has 0 N–H and O–H groups in total. The molecule has 140 valence electrons. The molecule has 6 heteroatoms. The Morgan fingerprint density at radius 2 is 1.69 bits per heavy atom. The van der Waals surface area contributed by atoms with Crippen molar-refractivity contribution >= 4 is 35.0 Å². The Hall–Kier alpha value is -1.52. The largest absolute Gasteiger partial charge is 0.338 e. The van der Waals surface area contributed by atoms with Crippen molar-refractivity contribution in [3.63, 3.8) is 0 Å². The minimum Gasteiger partial charge on any atom is -0.338 e. The number of amides is 2. The van der Waals surface area contributed by atoms with E-state index < -0.39 is 0 Å². The monoisotopic (exact) mass is 394 g/mol. The zero-order valence-electron chi connectivity index (χ0n) is 15.2. The second-order valence-corrected chi connectivity index (χ2v) is 8.20. The van der Waals surface area contributed by atoms with Crippen molar-refractivity contribution in [2.75, 3.05) is 26.2 Å². The van der Waals surface area contributed by atoms with Crippen LogP contribution in [0.3, 0.4) is 0 Å². The Bertz CT molecular complexity index is 740. The van der Waals surface area contributed by atoms with Gasteiger partial charge in [-0.15, -0.1) is 0 Å². The smallest absolute Gasteiger partial charge is 0.253 e. The summed E-state index contributed by atoms with van der Waals surface area (Å²) < 4.78 is 0. The Morgan fingerprint density at radius 3 is 2.35 bits per heavy atom. The van der Waals surface area contributed by atoms with Gasteiger partial charge in [-0.2, -0.15) is 0 Å². The molecule has 26 heavy (non-hydrogen) atoms. The first kappa shape index (κ1) is 19.2. The van der Waals surface area contributed by atoms with Crippen molar-refractivity contribution in [3.05, 3.63) is 45.0 Å². The fourth-order valence-corrected chi connectivity index (χ4v) is 4.17. The Labute approximate surface area is 164 Å². The number of halogens is 2. The van der Waals surface area contributed by atoms with Gasteiger partial charge in [-0.1, -0.05) is 40.4 Å². The number of carbonyl (C=O) groups excluding carboxylic acids is 2. The summed E-state index contributed by atoms with van der Waals surface area (Å²) in [5, 5.41) is 1.19. The quantitative estimate of drug-likeness (QED) is 0.757. The van der Waals surface area contributed by atoms with Gasteiger partial charge in [-0.05, 0) is 38.8 Å². The maximum Gasteiger partial charge on any atom is 0.253 e. The van der Waals surface area contributed by atoms with Crippen LogP contribution in [0.4, 0.5) is 0 Å². The number of aryl methyl sites for hydroxylation is 2. The van der Waals surface area contributed by atoms with Crippen LogP contribution >= 0.6 is 23.2 Å². The summed E-state index contributed by atoms with van der Waals surface area (Å²) in [6.07, 6.45) is 2.25. The molecule has 2 aliphatic rings. The highest BCUT2D eigenvalue weighted by Crippen LogP contribution is 2.27. The molecule has 3 rings (SSSR count). The molecule has 0 radical (unpaired) electrons. The molecule has 0 aromatic heterocycles. The average Bonchev–Trinajstić information content (AvgIpc) is 2.62.